The first kappa shape index (κ1) is 10.9. The van der Waals surface area contributed by atoms with Crippen molar-refractivity contribution < 1.29 is 14.7 Å². The average molecular weight is 173 g/mol. The number of amides is 1. The van der Waals surface area contributed by atoms with Crippen molar-refractivity contribution in [1.29, 1.82) is 0 Å². The Hall–Kier alpha value is -1.06. The fourth-order valence-electron chi connectivity index (χ4n) is 0.866. The molecule has 0 bridgehead atoms. The highest BCUT2D eigenvalue weighted by Crippen LogP contribution is 2.27. The summed E-state index contributed by atoms with van der Waals surface area (Å²) in [5.41, 5.74) is -1.32. The van der Waals surface area contributed by atoms with Crippen LogP contribution in [0.25, 0.3) is 0 Å². The van der Waals surface area contributed by atoms with Crippen molar-refractivity contribution in [1.82, 2.24) is 5.32 Å². The molecule has 0 aromatic heterocycles. The molecule has 1 amide bonds. The summed E-state index contributed by atoms with van der Waals surface area (Å²) in [4.78, 5) is 22.0. The van der Waals surface area contributed by atoms with Crippen LogP contribution in [-0.2, 0) is 9.59 Å². The Morgan fingerprint density at radius 3 is 1.92 bits per heavy atom. The fourth-order valence-corrected chi connectivity index (χ4v) is 0.866. The molecule has 0 unspecified atom stereocenters. The third kappa shape index (κ3) is 1.57. The highest BCUT2D eigenvalue weighted by atomic mass is 16.4. The van der Waals surface area contributed by atoms with Gasteiger partial charge in [0.1, 0.15) is 5.41 Å². The van der Waals surface area contributed by atoms with Crippen molar-refractivity contribution >= 4 is 11.9 Å². The molecule has 0 aromatic carbocycles. The number of carboxylic acid groups (broad SMARTS) is 1. The SMILES string of the molecule is CNC(=O)[C@@](C)(C(=O)O)C(C)C. The zero-order valence-corrected chi connectivity index (χ0v) is 7.84. The number of nitrogens with one attached hydrogen (secondary N) is 1. The summed E-state index contributed by atoms with van der Waals surface area (Å²) >= 11 is 0. The van der Waals surface area contributed by atoms with Crippen LogP contribution in [0.15, 0.2) is 0 Å². The molecule has 4 nitrogen and oxygen atoms in total. The summed E-state index contributed by atoms with van der Waals surface area (Å²) in [5.74, 6) is -1.77. The minimum absolute atomic E-state index is 0.227. The highest BCUT2D eigenvalue weighted by Gasteiger charge is 2.43. The molecule has 0 saturated carbocycles. The van der Waals surface area contributed by atoms with Gasteiger partial charge in [-0.3, -0.25) is 9.59 Å². The van der Waals surface area contributed by atoms with Crippen molar-refractivity contribution in [2.75, 3.05) is 7.05 Å². The van der Waals surface area contributed by atoms with Crippen LogP contribution in [0, 0.1) is 11.3 Å². The van der Waals surface area contributed by atoms with E-state index in [1.54, 1.807) is 13.8 Å². The minimum atomic E-state index is -1.32. The molecule has 0 heterocycles. The lowest BCUT2D eigenvalue weighted by Crippen LogP contribution is -2.46. The lowest BCUT2D eigenvalue weighted by molar-refractivity contribution is -0.157. The maximum absolute atomic E-state index is 11.2. The predicted octanol–water partition coefficient (Wildman–Crippen LogP) is 0.479. The van der Waals surface area contributed by atoms with E-state index in [1.165, 1.54) is 14.0 Å². The molecular weight excluding hydrogens is 158 g/mol. The summed E-state index contributed by atoms with van der Waals surface area (Å²) < 4.78 is 0. The van der Waals surface area contributed by atoms with Gasteiger partial charge in [-0.1, -0.05) is 13.8 Å². The highest BCUT2D eigenvalue weighted by molar-refractivity contribution is 6.01. The fraction of sp³-hybridized carbons (Fsp3) is 0.750. The molecule has 0 saturated heterocycles. The molecule has 0 spiro atoms. The van der Waals surface area contributed by atoms with Gasteiger partial charge in [-0.15, -0.1) is 0 Å². The first-order chi connectivity index (χ1) is 5.37. The third-order valence-electron chi connectivity index (χ3n) is 2.30. The van der Waals surface area contributed by atoms with Crippen LogP contribution < -0.4 is 5.32 Å². The Labute approximate surface area is 72.0 Å². The average Bonchev–Trinajstić information content (AvgIpc) is 2.00. The Balaban J connectivity index is 4.87. The van der Waals surface area contributed by atoms with Crippen molar-refractivity contribution in [3.63, 3.8) is 0 Å². The number of hydrogen-bond acceptors (Lipinski definition) is 2. The Morgan fingerprint density at radius 1 is 1.42 bits per heavy atom. The van der Waals surface area contributed by atoms with Crippen LogP contribution in [0.4, 0.5) is 0 Å². The number of hydrogen-bond donors (Lipinski definition) is 2. The summed E-state index contributed by atoms with van der Waals surface area (Å²) in [7, 11) is 1.44. The normalized spacial score (nSPS) is 15.4. The molecule has 1 atom stereocenters. The summed E-state index contributed by atoms with van der Waals surface area (Å²) in [5, 5.41) is 11.2. The van der Waals surface area contributed by atoms with Gasteiger partial charge < -0.3 is 10.4 Å². The van der Waals surface area contributed by atoms with Crippen LogP contribution >= 0.6 is 0 Å². The van der Waals surface area contributed by atoms with E-state index in [0.717, 1.165) is 0 Å². The molecule has 0 aromatic rings. The second kappa shape index (κ2) is 3.56. The summed E-state index contributed by atoms with van der Waals surface area (Å²) in [6.07, 6.45) is 0. The number of carboxylic acids is 1. The number of carbonyl (C=O) groups is 2. The molecule has 70 valence electrons. The first-order valence-electron chi connectivity index (χ1n) is 3.83. The van der Waals surface area contributed by atoms with Gasteiger partial charge in [0.2, 0.25) is 5.91 Å². The Morgan fingerprint density at radius 2 is 1.83 bits per heavy atom. The van der Waals surface area contributed by atoms with Crippen molar-refractivity contribution in [2.24, 2.45) is 11.3 Å². The Bertz CT molecular complexity index is 200. The standard InChI is InChI=1S/C8H15NO3/c1-5(2)8(3,7(11)12)6(10)9-4/h5H,1-4H3,(H,9,10)(H,11,12)/t8-/m0/s1. The maximum Gasteiger partial charge on any atom is 0.319 e. The van der Waals surface area contributed by atoms with Crippen molar-refractivity contribution in [2.45, 2.75) is 20.8 Å². The molecule has 0 aliphatic heterocycles. The zero-order valence-electron chi connectivity index (χ0n) is 7.84. The predicted molar refractivity (Wildman–Crippen MR) is 44.6 cm³/mol. The number of carbonyl (C=O) groups excluding carboxylic acids is 1. The minimum Gasteiger partial charge on any atom is -0.480 e. The van der Waals surface area contributed by atoms with Gasteiger partial charge in [0.05, 0.1) is 0 Å². The van der Waals surface area contributed by atoms with Crippen molar-refractivity contribution in [3.05, 3.63) is 0 Å². The molecule has 0 fully saturated rings. The van der Waals surface area contributed by atoms with E-state index in [9.17, 15) is 9.59 Å². The third-order valence-corrected chi connectivity index (χ3v) is 2.30. The largest absolute Gasteiger partial charge is 0.480 e. The molecule has 0 aliphatic rings. The van der Waals surface area contributed by atoms with Crippen LogP contribution in [0.3, 0.4) is 0 Å². The molecule has 0 rings (SSSR count). The van der Waals surface area contributed by atoms with Gasteiger partial charge in [-0.25, -0.2) is 0 Å². The monoisotopic (exact) mass is 173 g/mol. The van der Waals surface area contributed by atoms with Gasteiger partial charge in [0, 0.05) is 7.05 Å². The van der Waals surface area contributed by atoms with E-state index in [1.807, 2.05) is 0 Å². The zero-order chi connectivity index (χ0) is 9.94. The van der Waals surface area contributed by atoms with E-state index >= 15 is 0 Å². The van der Waals surface area contributed by atoms with E-state index in [-0.39, 0.29) is 5.92 Å². The molecule has 4 heteroatoms. The smallest absolute Gasteiger partial charge is 0.319 e. The van der Waals surface area contributed by atoms with Crippen molar-refractivity contribution in [3.8, 4) is 0 Å². The Kier molecular flexibility index (Phi) is 3.24. The molecule has 2 N–H and O–H groups in total. The van der Waals surface area contributed by atoms with Gasteiger partial charge in [0.25, 0.3) is 0 Å². The topological polar surface area (TPSA) is 66.4 Å². The van der Waals surface area contributed by atoms with Gasteiger partial charge >= 0.3 is 5.97 Å². The van der Waals surface area contributed by atoms with Crippen LogP contribution in [-0.4, -0.2) is 24.0 Å². The second-order valence-electron chi connectivity index (χ2n) is 3.24. The molecule has 0 aliphatic carbocycles. The lowest BCUT2D eigenvalue weighted by atomic mass is 9.78. The van der Waals surface area contributed by atoms with Crippen LogP contribution in [0.1, 0.15) is 20.8 Å². The molecular formula is C8H15NO3. The summed E-state index contributed by atoms with van der Waals surface area (Å²) in [6.45, 7) is 4.85. The second-order valence-corrected chi connectivity index (χ2v) is 3.24. The van der Waals surface area contributed by atoms with E-state index in [2.05, 4.69) is 5.32 Å². The number of aliphatic carboxylic acids is 1. The van der Waals surface area contributed by atoms with E-state index < -0.39 is 17.3 Å². The quantitative estimate of drug-likeness (QED) is 0.610. The van der Waals surface area contributed by atoms with Gasteiger partial charge in [-0.2, -0.15) is 0 Å². The van der Waals surface area contributed by atoms with Crippen LogP contribution in [0.2, 0.25) is 0 Å². The van der Waals surface area contributed by atoms with E-state index in [4.69, 9.17) is 5.11 Å². The van der Waals surface area contributed by atoms with Gasteiger partial charge in [-0.05, 0) is 12.8 Å². The molecule has 12 heavy (non-hydrogen) atoms. The lowest BCUT2D eigenvalue weighted by Gasteiger charge is -2.26. The van der Waals surface area contributed by atoms with E-state index in [0.29, 0.717) is 0 Å². The maximum atomic E-state index is 11.2. The number of rotatable bonds is 3. The summed E-state index contributed by atoms with van der Waals surface area (Å²) in [6, 6.07) is 0. The molecule has 0 radical (unpaired) electrons. The van der Waals surface area contributed by atoms with Crippen LogP contribution in [0.5, 0.6) is 0 Å². The first-order valence-corrected chi connectivity index (χ1v) is 3.83. The van der Waals surface area contributed by atoms with Gasteiger partial charge in [0.15, 0.2) is 0 Å².